The summed E-state index contributed by atoms with van der Waals surface area (Å²) < 4.78 is 13.9. The average molecular weight is 240 g/mol. The van der Waals surface area contributed by atoms with Gasteiger partial charge in [-0.3, -0.25) is 0 Å². The molecule has 0 aliphatic rings. The van der Waals surface area contributed by atoms with Crippen LogP contribution in [0.2, 0.25) is 0 Å². The van der Waals surface area contributed by atoms with Crippen LogP contribution in [0.4, 0.5) is 10.1 Å². The van der Waals surface area contributed by atoms with Gasteiger partial charge in [-0.05, 0) is 24.1 Å². The number of nitrogens with zero attached hydrogens (tertiary/aromatic N) is 1. The van der Waals surface area contributed by atoms with Crippen LogP contribution in [0.1, 0.15) is 25.3 Å². The summed E-state index contributed by atoms with van der Waals surface area (Å²) in [6, 6.07) is 5.03. The van der Waals surface area contributed by atoms with Crippen molar-refractivity contribution in [1.82, 2.24) is 0 Å². The fourth-order valence-electron chi connectivity index (χ4n) is 1.76. The van der Waals surface area contributed by atoms with Gasteiger partial charge in [0.2, 0.25) is 0 Å². The van der Waals surface area contributed by atoms with Gasteiger partial charge in [-0.15, -0.1) is 0 Å². The summed E-state index contributed by atoms with van der Waals surface area (Å²) in [5, 5.41) is 9.00. The Morgan fingerprint density at radius 1 is 1.35 bits per heavy atom. The van der Waals surface area contributed by atoms with Crippen molar-refractivity contribution in [2.75, 3.05) is 24.6 Å². The Bertz CT molecular complexity index is 344. The van der Waals surface area contributed by atoms with Crippen molar-refractivity contribution in [3.63, 3.8) is 0 Å². The zero-order valence-electron chi connectivity index (χ0n) is 10.3. The topological polar surface area (TPSA) is 49.5 Å². The van der Waals surface area contributed by atoms with Crippen LogP contribution in [0.15, 0.2) is 18.2 Å². The highest BCUT2D eigenvalue weighted by Gasteiger charge is 2.11. The molecule has 3 N–H and O–H groups in total. The minimum Gasteiger partial charge on any atom is -0.395 e. The minimum atomic E-state index is -0.266. The number of hydrogen-bond donors (Lipinski definition) is 2. The Morgan fingerprint density at radius 3 is 2.65 bits per heavy atom. The standard InChI is InChI=1S/C13H21FN2O/c1-2-3-6-16(7-8-17)13-5-4-11(10-15)9-12(13)14/h4-5,9,17H,2-3,6-8,10,15H2,1H3. The Kier molecular flexibility index (Phi) is 5.94. The zero-order chi connectivity index (χ0) is 12.7. The number of aliphatic hydroxyl groups excluding tert-OH is 1. The highest BCUT2D eigenvalue weighted by molar-refractivity contribution is 5.49. The number of benzene rings is 1. The molecule has 0 amide bonds. The number of aliphatic hydroxyl groups is 1. The van der Waals surface area contributed by atoms with Gasteiger partial charge >= 0.3 is 0 Å². The first-order chi connectivity index (χ1) is 8.22. The van der Waals surface area contributed by atoms with Crippen LogP contribution in [0.25, 0.3) is 0 Å². The lowest BCUT2D eigenvalue weighted by atomic mass is 10.1. The van der Waals surface area contributed by atoms with E-state index in [1.165, 1.54) is 6.07 Å². The van der Waals surface area contributed by atoms with Gasteiger partial charge in [0.25, 0.3) is 0 Å². The van der Waals surface area contributed by atoms with Crippen molar-refractivity contribution in [1.29, 1.82) is 0 Å². The summed E-state index contributed by atoms with van der Waals surface area (Å²) >= 11 is 0. The van der Waals surface area contributed by atoms with E-state index in [0.717, 1.165) is 24.9 Å². The summed E-state index contributed by atoms with van der Waals surface area (Å²) in [6.07, 6.45) is 2.03. The van der Waals surface area contributed by atoms with Crippen molar-refractivity contribution in [2.24, 2.45) is 5.73 Å². The van der Waals surface area contributed by atoms with E-state index in [9.17, 15) is 4.39 Å². The Morgan fingerprint density at radius 2 is 2.12 bits per heavy atom. The van der Waals surface area contributed by atoms with Crippen LogP contribution in [0.5, 0.6) is 0 Å². The number of unbranched alkanes of at least 4 members (excludes halogenated alkanes) is 1. The third kappa shape index (κ3) is 3.98. The summed E-state index contributed by atoms with van der Waals surface area (Å²) in [6.45, 7) is 3.67. The van der Waals surface area contributed by atoms with Crippen LogP contribution in [-0.2, 0) is 6.54 Å². The van der Waals surface area contributed by atoms with Crippen LogP contribution < -0.4 is 10.6 Å². The number of halogens is 1. The lowest BCUT2D eigenvalue weighted by Crippen LogP contribution is -2.28. The molecule has 0 saturated heterocycles. The predicted octanol–water partition coefficient (Wildman–Crippen LogP) is 1.88. The van der Waals surface area contributed by atoms with Crippen molar-refractivity contribution in [3.8, 4) is 0 Å². The minimum absolute atomic E-state index is 0.0296. The molecule has 0 aliphatic carbocycles. The molecule has 0 fully saturated rings. The largest absolute Gasteiger partial charge is 0.395 e. The predicted molar refractivity (Wildman–Crippen MR) is 68.5 cm³/mol. The summed E-state index contributed by atoms with van der Waals surface area (Å²) in [5.41, 5.74) is 6.79. The number of anilines is 1. The van der Waals surface area contributed by atoms with E-state index < -0.39 is 0 Å². The number of nitrogens with two attached hydrogens (primary N) is 1. The lowest BCUT2D eigenvalue weighted by molar-refractivity contribution is 0.301. The highest BCUT2D eigenvalue weighted by Crippen LogP contribution is 2.20. The van der Waals surface area contributed by atoms with E-state index in [2.05, 4.69) is 6.92 Å². The molecule has 4 heteroatoms. The molecule has 0 unspecified atom stereocenters. The summed E-state index contributed by atoms with van der Waals surface area (Å²) in [4.78, 5) is 1.87. The molecule has 0 radical (unpaired) electrons. The molecular formula is C13H21FN2O. The molecule has 0 atom stereocenters. The first-order valence-corrected chi connectivity index (χ1v) is 6.07. The maximum Gasteiger partial charge on any atom is 0.146 e. The third-order valence-corrected chi connectivity index (χ3v) is 2.74. The molecule has 1 rings (SSSR count). The molecular weight excluding hydrogens is 219 g/mol. The van der Waals surface area contributed by atoms with Crippen LogP contribution >= 0.6 is 0 Å². The van der Waals surface area contributed by atoms with Gasteiger partial charge in [-0.2, -0.15) is 0 Å². The Hall–Kier alpha value is -1.13. The van der Waals surface area contributed by atoms with E-state index in [1.54, 1.807) is 6.07 Å². The Balaban J connectivity index is 2.85. The van der Waals surface area contributed by atoms with E-state index in [1.807, 2.05) is 11.0 Å². The molecule has 1 aromatic rings. The summed E-state index contributed by atoms with van der Waals surface area (Å²) in [7, 11) is 0. The third-order valence-electron chi connectivity index (χ3n) is 2.74. The highest BCUT2D eigenvalue weighted by atomic mass is 19.1. The molecule has 0 aromatic heterocycles. The second-order valence-electron chi connectivity index (χ2n) is 4.05. The van der Waals surface area contributed by atoms with Gasteiger partial charge in [0.15, 0.2) is 0 Å². The van der Waals surface area contributed by atoms with Crippen molar-refractivity contribution >= 4 is 5.69 Å². The molecule has 1 aromatic carbocycles. The molecule has 96 valence electrons. The molecule has 17 heavy (non-hydrogen) atoms. The maximum absolute atomic E-state index is 13.9. The SMILES string of the molecule is CCCCN(CCO)c1ccc(CN)cc1F. The second kappa shape index (κ2) is 7.25. The van der Waals surface area contributed by atoms with Crippen LogP contribution in [-0.4, -0.2) is 24.8 Å². The van der Waals surface area contributed by atoms with Gasteiger partial charge in [0, 0.05) is 19.6 Å². The lowest BCUT2D eigenvalue weighted by Gasteiger charge is -2.24. The smallest absolute Gasteiger partial charge is 0.146 e. The van der Waals surface area contributed by atoms with Crippen molar-refractivity contribution < 1.29 is 9.50 Å². The van der Waals surface area contributed by atoms with Crippen molar-refractivity contribution in [3.05, 3.63) is 29.6 Å². The number of rotatable bonds is 7. The number of hydrogen-bond acceptors (Lipinski definition) is 3. The van der Waals surface area contributed by atoms with Gasteiger partial charge in [0.1, 0.15) is 5.82 Å². The molecule has 0 heterocycles. The van der Waals surface area contributed by atoms with E-state index in [-0.39, 0.29) is 12.4 Å². The first-order valence-electron chi connectivity index (χ1n) is 6.07. The molecule has 3 nitrogen and oxygen atoms in total. The monoisotopic (exact) mass is 240 g/mol. The van der Waals surface area contributed by atoms with Gasteiger partial charge < -0.3 is 15.7 Å². The van der Waals surface area contributed by atoms with Gasteiger partial charge in [-0.25, -0.2) is 4.39 Å². The fourth-order valence-corrected chi connectivity index (χ4v) is 1.76. The van der Waals surface area contributed by atoms with Crippen molar-refractivity contribution in [2.45, 2.75) is 26.3 Å². The normalized spacial score (nSPS) is 10.6. The molecule has 0 aliphatic heterocycles. The van der Waals surface area contributed by atoms with Gasteiger partial charge in [0.05, 0.1) is 12.3 Å². The summed E-state index contributed by atoms with van der Waals surface area (Å²) in [5.74, 6) is -0.266. The Labute approximate surface area is 102 Å². The molecule has 0 bridgehead atoms. The van der Waals surface area contributed by atoms with Gasteiger partial charge in [-0.1, -0.05) is 19.4 Å². The van der Waals surface area contributed by atoms with E-state index in [0.29, 0.717) is 18.8 Å². The molecule has 0 saturated carbocycles. The van der Waals surface area contributed by atoms with E-state index >= 15 is 0 Å². The average Bonchev–Trinajstić information content (AvgIpc) is 2.34. The van der Waals surface area contributed by atoms with E-state index in [4.69, 9.17) is 10.8 Å². The first kappa shape index (κ1) is 13.9. The van der Waals surface area contributed by atoms with Crippen LogP contribution in [0.3, 0.4) is 0 Å². The molecule has 0 spiro atoms. The maximum atomic E-state index is 13.9. The zero-order valence-corrected chi connectivity index (χ0v) is 10.3. The quantitative estimate of drug-likeness (QED) is 0.765. The second-order valence-corrected chi connectivity index (χ2v) is 4.05. The fraction of sp³-hybridized carbons (Fsp3) is 0.538. The van der Waals surface area contributed by atoms with Crippen LogP contribution in [0, 0.1) is 5.82 Å².